The van der Waals surface area contributed by atoms with E-state index in [0.717, 1.165) is 0 Å². The Labute approximate surface area is 139 Å². The van der Waals surface area contributed by atoms with Crippen molar-refractivity contribution in [2.24, 2.45) is 0 Å². The molecule has 0 saturated carbocycles. The second-order valence-corrected chi connectivity index (χ2v) is 4.91. The first-order valence-corrected chi connectivity index (χ1v) is 7.13. The van der Waals surface area contributed by atoms with E-state index < -0.39 is 5.82 Å². The molecular weight excluding hydrogens is 303 g/mol. The molecule has 0 radical (unpaired) electrons. The molecule has 1 heterocycles. The van der Waals surface area contributed by atoms with E-state index in [9.17, 15) is 4.39 Å². The van der Waals surface area contributed by atoms with Crippen molar-refractivity contribution in [3.8, 4) is 29.4 Å². The standard InChI is InChI=1S/C20H11FN2O/c21-18-10-16(7-6-15-3-1-4-17(9-15)13-22)11-20(12-18)24-19-5-2-8-23-14-19/h1-5,8-12,14H. The summed E-state index contributed by atoms with van der Waals surface area (Å²) >= 11 is 0. The molecule has 0 saturated heterocycles. The van der Waals surface area contributed by atoms with Crippen LogP contribution in [0.5, 0.6) is 11.5 Å². The summed E-state index contributed by atoms with van der Waals surface area (Å²) in [5.41, 5.74) is 1.70. The smallest absolute Gasteiger partial charge is 0.145 e. The van der Waals surface area contributed by atoms with Crippen molar-refractivity contribution in [3.05, 3.63) is 89.5 Å². The molecule has 3 aromatic rings. The molecule has 0 amide bonds. The molecule has 0 fully saturated rings. The fourth-order valence-corrected chi connectivity index (χ4v) is 2.05. The molecular formula is C20H11FN2O. The van der Waals surface area contributed by atoms with Crippen molar-refractivity contribution in [1.82, 2.24) is 4.98 Å². The molecule has 0 aliphatic carbocycles. The predicted molar refractivity (Wildman–Crippen MR) is 87.8 cm³/mol. The van der Waals surface area contributed by atoms with Gasteiger partial charge in [0.15, 0.2) is 0 Å². The quantitative estimate of drug-likeness (QED) is 0.663. The maximum absolute atomic E-state index is 13.8. The molecule has 1 aromatic heterocycles. The Bertz CT molecular complexity index is 966. The van der Waals surface area contributed by atoms with Crippen LogP contribution < -0.4 is 4.74 Å². The predicted octanol–water partition coefficient (Wildman–Crippen LogP) is 4.28. The number of pyridine rings is 1. The summed E-state index contributed by atoms with van der Waals surface area (Å²) < 4.78 is 19.3. The minimum absolute atomic E-state index is 0.345. The molecule has 114 valence electrons. The van der Waals surface area contributed by atoms with Crippen LogP contribution in [0.2, 0.25) is 0 Å². The summed E-state index contributed by atoms with van der Waals surface area (Å²) in [5.74, 6) is 6.23. The van der Waals surface area contributed by atoms with Gasteiger partial charge in [0.25, 0.3) is 0 Å². The van der Waals surface area contributed by atoms with E-state index in [4.69, 9.17) is 10.00 Å². The summed E-state index contributed by atoms with van der Waals surface area (Å²) in [6.07, 6.45) is 3.17. The maximum Gasteiger partial charge on any atom is 0.145 e. The van der Waals surface area contributed by atoms with Gasteiger partial charge in [-0.25, -0.2) is 4.39 Å². The van der Waals surface area contributed by atoms with Crippen molar-refractivity contribution in [2.75, 3.05) is 0 Å². The van der Waals surface area contributed by atoms with Gasteiger partial charge in [-0.3, -0.25) is 4.98 Å². The average Bonchev–Trinajstić information content (AvgIpc) is 2.60. The topological polar surface area (TPSA) is 45.9 Å². The van der Waals surface area contributed by atoms with Crippen LogP contribution in [0.1, 0.15) is 16.7 Å². The van der Waals surface area contributed by atoms with E-state index in [1.54, 1.807) is 54.9 Å². The number of nitriles is 1. The molecule has 0 aliphatic heterocycles. The minimum Gasteiger partial charge on any atom is -0.456 e. The third-order valence-corrected chi connectivity index (χ3v) is 3.08. The Kier molecular flexibility index (Phi) is 4.51. The van der Waals surface area contributed by atoms with Crippen LogP contribution in [-0.2, 0) is 0 Å². The van der Waals surface area contributed by atoms with Gasteiger partial charge in [-0.2, -0.15) is 5.26 Å². The zero-order chi connectivity index (χ0) is 16.8. The Hall–Kier alpha value is -3.63. The molecule has 0 bridgehead atoms. The molecule has 0 N–H and O–H groups in total. The third-order valence-electron chi connectivity index (χ3n) is 3.08. The highest BCUT2D eigenvalue weighted by Crippen LogP contribution is 2.22. The highest BCUT2D eigenvalue weighted by Gasteiger charge is 2.02. The first-order chi connectivity index (χ1) is 11.7. The van der Waals surface area contributed by atoms with Crippen LogP contribution >= 0.6 is 0 Å². The highest BCUT2D eigenvalue weighted by atomic mass is 19.1. The van der Waals surface area contributed by atoms with Crippen LogP contribution in [0.25, 0.3) is 0 Å². The number of hydrogen-bond donors (Lipinski definition) is 0. The van der Waals surface area contributed by atoms with E-state index in [0.29, 0.717) is 28.2 Å². The minimum atomic E-state index is -0.438. The van der Waals surface area contributed by atoms with Gasteiger partial charge in [0.2, 0.25) is 0 Å². The van der Waals surface area contributed by atoms with Gasteiger partial charge in [0.1, 0.15) is 17.3 Å². The number of hydrogen-bond acceptors (Lipinski definition) is 3. The van der Waals surface area contributed by atoms with Crippen molar-refractivity contribution in [3.63, 3.8) is 0 Å². The van der Waals surface area contributed by atoms with Crippen molar-refractivity contribution in [2.45, 2.75) is 0 Å². The van der Waals surface area contributed by atoms with Gasteiger partial charge in [0.05, 0.1) is 17.8 Å². The van der Waals surface area contributed by atoms with E-state index in [2.05, 4.69) is 22.9 Å². The SMILES string of the molecule is N#Cc1cccc(C#Cc2cc(F)cc(Oc3cccnc3)c2)c1. The molecule has 0 unspecified atom stereocenters. The number of aromatic nitrogens is 1. The van der Waals surface area contributed by atoms with Crippen molar-refractivity contribution in [1.29, 1.82) is 5.26 Å². The number of rotatable bonds is 2. The summed E-state index contributed by atoms with van der Waals surface area (Å²) in [5, 5.41) is 8.89. The first kappa shape index (κ1) is 15.3. The van der Waals surface area contributed by atoms with E-state index in [-0.39, 0.29) is 0 Å². The van der Waals surface area contributed by atoms with Crippen molar-refractivity contribution >= 4 is 0 Å². The third kappa shape index (κ3) is 3.97. The number of nitrogens with zero attached hydrogens (tertiary/aromatic N) is 2. The van der Waals surface area contributed by atoms with Gasteiger partial charge in [-0.15, -0.1) is 0 Å². The fraction of sp³-hybridized carbons (Fsp3) is 0. The Balaban J connectivity index is 1.87. The summed E-state index contributed by atoms with van der Waals surface area (Å²) in [4.78, 5) is 3.94. The molecule has 2 aromatic carbocycles. The molecule has 3 rings (SSSR count). The largest absolute Gasteiger partial charge is 0.456 e. The van der Waals surface area contributed by atoms with Crippen LogP contribution in [0.4, 0.5) is 4.39 Å². The van der Waals surface area contributed by atoms with Gasteiger partial charge < -0.3 is 4.74 Å². The van der Waals surface area contributed by atoms with E-state index in [1.807, 2.05) is 0 Å². The monoisotopic (exact) mass is 314 g/mol. The Morgan fingerprint density at radius 2 is 1.71 bits per heavy atom. The van der Waals surface area contributed by atoms with Crippen molar-refractivity contribution < 1.29 is 9.13 Å². The molecule has 0 aliphatic rings. The lowest BCUT2D eigenvalue weighted by Gasteiger charge is -2.05. The lowest BCUT2D eigenvalue weighted by atomic mass is 10.1. The van der Waals surface area contributed by atoms with Gasteiger partial charge in [0, 0.05) is 23.4 Å². The fourth-order valence-electron chi connectivity index (χ4n) is 2.05. The molecule has 0 atom stereocenters. The highest BCUT2D eigenvalue weighted by molar-refractivity contribution is 5.48. The lowest BCUT2D eigenvalue weighted by Crippen LogP contribution is -1.88. The first-order valence-electron chi connectivity index (χ1n) is 7.13. The van der Waals surface area contributed by atoms with Crippen LogP contribution in [0, 0.1) is 29.0 Å². The molecule has 24 heavy (non-hydrogen) atoms. The Morgan fingerprint density at radius 3 is 2.50 bits per heavy atom. The zero-order valence-corrected chi connectivity index (χ0v) is 12.5. The molecule has 4 heteroatoms. The normalized spacial score (nSPS) is 9.50. The summed E-state index contributed by atoms with van der Waals surface area (Å²) in [6, 6.07) is 16.7. The van der Waals surface area contributed by atoms with E-state index >= 15 is 0 Å². The number of halogens is 1. The van der Waals surface area contributed by atoms with E-state index in [1.165, 1.54) is 12.1 Å². The zero-order valence-electron chi connectivity index (χ0n) is 12.5. The maximum atomic E-state index is 13.8. The summed E-state index contributed by atoms with van der Waals surface area (Å²) in [7, 11) is 0. The second-order valence-electron chi connectivity index (χ2n) is 4.91. The molecule has 3 nitrogen and oxygen atoms in total. The summed E-state index contributed by atoms with van der Waals surface area (Å²) in [6.45, 7) is 0. The van der Waals surface area contributed by atoms with Crippen LogP contribution in [-0.4, -0.2) is 4.98 Å². The van der Waals surface area contributed by atoms with Gasteiger partial charge >= 0.3 is 0 Å². The number of ether oxygens (including phenoxy) is 1. The Morgan fingerprint density at radius 1 is 0.875 bits per heavy atom. The lowest BCUT2D eigenvalue weighted by molar-refractivity contribution is 0.474. The van der Waals surface area contributed by atoms with Gasteiger partial charge in [-0.05, 0) is 42.5 Å². The molecule has 0 spiro atoms. The van der Waals surface area contributed by atoms with Crippen LogP contribution in [0.15, 0.2) is 67.0 Å². The van der Waals surface area contributed by atoms with Crippen LogP contribution in [0.3, 0.4) is 0 Å². The second kappa shape index (κ2) is 7.09. The average molecular weight is 314 g/mol. The van der Waals surface area contributed by atoms with Gasteiger partial charge in [-0.1, -0.05) is 17.9 Å². The number of benzene rings is 2.